The molecule has 4 nitrogen and oxygen atoms in total. The Kier molecular flexibility index (Phi) is 3.80. The van der Waals surface area contributed by atoms with Gasteiger partial charge in [-0.25, -0.2) is 9.37 Å². The Morgan fingerprint density at radius 2 is 2.15 bits per heavy atom. The smallest absolute Gasteiger partial charge is 0.128 e. The number of halogens is 1. The van der Waals surface area contributed by atoms with Gasteiger partial charge in [0.05, 0.1) is 12.6 Å². The molecule has 2 aromatic rings. The summed E-state index contributed by atoms with van der Waals surface area (Å²) in [5.41, 5.74) is 0.381. The van der Waals surface area contributed by atoms with Gasteiger partial charge in [-0.05, 0) is 12.5 Å². The van der Waals surface area contributed by atoms with Crippen molar-refractivity contribution in [1.29, 1.82) is 0 Å². The number of rotatable bonds is 4. The molecule has 106 valence electrons. The predicted molar refractivity (Wildman–Crippen MR) is 73.5 cm³/mol. The van der Waals surface area contributed by atoms with E-state index in [1.54, 1.807) is 18.2 Å². The van der Waals surface area contributed by atoms with Crippen LogP contribution in [0, 0.1) is 5.82 Å². The first-order valence-electron chi connectivity index (χ1n) is 6.89. The minimum Gasteiger partial charge on any atom is -0.388 e. The summed E-state index contributed by atoms with van der Waals surface area (Å²) >= 11 is 0. The third-order valence-corrected chi connectivity index (χ3v) is 3.81. The van der Waals surface area contributed by atoms with Gasteiger partial charge in [-0.3, -0.25) is 4.90 Å². The van der Waals surface area contributed by atoms with Crippen LogP contribution in [-0.2, 0) is 13.1 Å². The number of fused-ring (bicyclic) bond motifs is 1. The minimum absolute atomic E-state index is 0.339. The highest BCUT2D eigenvalue weighted by molar-refractivity contribution is 5.19. The van der Waals surface area contributed by atoms with E-state index in [9.17, 15) is 9.50 Å². The number of benzene rings is 1. The molecule has 0 amide bonds. The molecule has 2 heterocycles. The van der Waals surface area contributed by atoms with Crippen LogP contribution in [0.15, 0.2) is 36.7 Å². The molecule has 1 unspecified atom stereocenters. The summed E-state index contributed by atoms with van der Waals surface area (Å²) in [5.74, 6) is 0.714. The van der Waals surface area contributed by atoms with Gasteiger partial charge in [0.1, 0.15) is 11.6 Å². The average Bonchev–Trinajstić information content (AvgIpc) is 2.92. The number of aliphatic hydroxyl groups is 1. The lowest BCUT2D eigenvalue weighted by Gasteiger charge is -2.28. The lowest BCUT2D eigenvalue weighted by Crippen LogP contribution is -2.34. The summed E-state index contributed by atoms with van der Waals surface area (Å²) in [6, 6.07) is 6.41. The second-order valence-corrected chi connectivity index (χ2v) is 5.14. The maximum absolute atomic E-state index is 13.6. The maximum Gasteiger partial charge on any atom is 0.128 e. The van der Waals surface area contributed by atoms with Crippen molar-refractivity contribution in [3.8, 4) is 0 Å². The second kappa shape index (κ2) is 5.73. The van der Waals surface area contributed by atoms with Gasteiger partial charge in [0, 0.05) is 37.6 Å². The summed E-state index contributed by atoms with van der Waals surface area (Å²) < 4.78 is 15.7. The van der Waals surface area contributed by atoms with Gasteiger partial charge in [-0.1, -0.05) is 18.2 Å². The number of imidazole rings is 1. The van der Waals surface area contributed by atoms with Crippen LogP contribution in [0.3, 0.4) is 0 Å². The zero-order valence-corrected chi connectivity index (χ0v) is 11.2. The van der Waals surface area contributed by atoms with E-state index >= 15 is 0 Å². The molecule has 1 aliphatic rings. The van der Waals surface area contributed by atoms with Gasteiger partial charge >= 0.3 is 0 Å². The summed E-state index contributed by atoms with van der Waals surface area (Å²) in [6.45, 7) is 3.39. The highest BCUT2D eigenvalue weighted by atomic mass is 19.1. The molecule has 1 aliphatic heterocycles. The molecule has 1 aromatic carbocycles. The van der Waals surface area contributed by atoms with E-state index in [1.165, 1.54) is 6.07 Å². The topological polar surface area (TPSA) is 41.3 Å². The summed E-state index contributed by atoms with van der Waals surface area (Å²) in [7, 11) is 0. The third-order valence-electron chi connectivity index (χ3n) is 3.81. The highest BCUT2D eigenvalue weighted by Gasteiger charge is 2.18. The summed E-state index contributed by atoms with van der Waals surface area (Å²) in [5, 5.41) is 10.1. The van der Waals surface area contributed by atoms with Crippen LogP contribution >= 0.6 is 0 Å². The van der Waals surface area contributed by atoms with E-state index in [1.807, 2.05) is 12.4 Å². The van der Waals surface area contributed by atoms with Crippen LogP contribution in [-0.4, -0.2) is 32.6 Å². The Morgan fingerprint density at radius 3 is 3.00 bits per heavy atom. The average molecular weight is 275 g/mol. The Morgan fingerprint density at radius 1 is 1.30 bits per heavy atom. The Labute approximate surface area is 117 Å². The van der Waals surface area contributed by atoms with Gasteiger partial charge in [0.2, 0.25) is 0 Å². The Balaban J connectivity index is 1.57. The fourth-order valence-electron chi connectivity index (χ4n) is 2.62. The molecule has 5 heteroatoms. The van der Waals surface area contributed by atoms with E-state index in [4.69, 9.17) is 0 Å². The molecule has 20 heavy (non-hydrogen) atoms. The van der Waals surface area contributed by atoms with Gasteiger partial charge < -0.3 is 9.67 Å². The van der Waals surface area contributed by atoms with Crippen molar-refractivity contribution in [2.45, 2.75) is 25.6 Å². The Hall–Kier alpha value is -1.72. The van der Waals surface area contributed by atoms with Crippen LogP contribution in [0.1, 0.15) is 23.9 Å². The number of aromatic nitrogens is 2. The predicted octanol–water partition coefficient (Wildman–Crippen LogP) is 1.96. The normalized spacial score (nSPS) is 16.9. The van der Waals surface area contributed by atoms with E-state index in [0.717, 1.165) is 32.0 Å². The van der Waals surface area contributed by atoms with Crippen molar-refractivity contribution in [3.63, 3.8) is 0 Å². The molecule has 0 bridgehead atoms. The van der Waals surface area contributed by atoms with E-state index < -0.39 is 6.10 Å². The second-order valence-electron chi connectivity index (χ2n) is 5.14. The summed E-state index contributed by atoms with van der Waals surface area (Å²) in [4.78, 5) is 6.55. The molecule has 0 aliphatic carbocycles. The van der Waals surface area contributed by atoms with Gasteiger partial charge in [-0.2, -0.15) is 0 Å². The first-order valence-corrected chi connectivity index (χ1v) is 6.89. The van der Waals surface area contributed by atoms with E-state index in [-0.39, 0.29) is 5.82 Å². The van der Waals surface area contributed by atoms with Crippen LogP contribution in [0.5, 0.6) is 0 Å². The number of hydrogen-bond acceptors (Lipinski definition) is 3. The number of hydrogen-bond donors (Lipinski definition) is 1. The van der Waals surface area contributed by atoms with E-state index in [0.29, 0.717) is 12.0 Å². The number of nitrogens with zero attached hydrogens (tertiary/aromatic N) is 3. The maximum atomic E-state index is 13.6. The molecular formula is C15H18FN3O. The molecule has 0 saturated heterocycles. The van der Waals surface area contributed by atoms with Crippen molar-refractivity contribution < 1.29 is 9.50 Å². The zero-order valence-electron chi connectivity index (χ0n) is 11.2. The monoisotopic (exact) mass is 275 g/mol. The van der Waals surface area contributed by atoms with Gasteiger partial charge in [0.25, 0.3) is 0 Å². The lowest BCUT2D eigenvalue weighted by molar-refractivity contribution is 0.127. The molecule has 0 spiro atoms. The molecule has 0 radical (unpaired) electrons. The number of aliphatic hydroxyl groups excluding tert-OH is 1. The van der Waals surface area contributed by atoms with Crippen LogP contribution in [0.2, 0.25) is 0 Å². The molecule has 0 saturated carbocycles. The largest absolute Gasteiger partial charge is 0.388 e. The van der Waals surface area contributed by atoms with Crippen LogP contribution in [0.25, 0.3) is 0 Å². The van der Waals surface area contributed by atoms with Gasteiger partial charge in [0.15, 0.2) is 0 Å². The van der Waals surface area contributed by atoms with Crippen LogP contribution < -0.4 is 0 Å². The first kappa shape index (κ1) is 13.3. The molecule has 0 fully saturated rings. The third kappa shape index (κ3) is 2.73. The van der Waals surface area contributed by atoms with Crippen molar-refractivity contribution in [1.82, 2.24) is 14.5 Å². The standard InChI is InChI=1S/C15H18FN3O/c16-13-4-2-1-3-12(13)14(20)5-7-18-9-10-19-8-6-17-15(19)11-18/h1-4,6,8,14,20H,5,7,9-11H2. The van der Waals surface area contributed by atoms with Crippen molar-refractivity contribution in [2.24, 2.45) is 0 Å². The minimum atomic E-state index is -0.752. The van der Waals surface area contributed by atoms with Gasteiger partial charge in [-0.15, -0.1) is 0 Å². The highest BCUT2D eigenvalue weighted by Crippen LogP contribution is 2.21. The van der Waals surface area contributed by atoms with Crippen LogP contribution in [0.4, 0.5) is 4.39 Å². The van der Waals surface area contributed by atoms with Crippen molar-refractivity contribution >= 4 is 0 Å². The first-order chi connectivity index (χ1) is 9.74. The molecular weight excluding hydrogens is 257 g/mol. The quantitative estimate of drug-likeness (QED) is 0.927. The summed E-state index contributed by atoms with van der Waals surface area (Å²) in [6.07, 6.45) is 3.58. The molecule has 3 rings (SSSR count). The van der Waals surface area contributed by atoms with Crippen molar-refractivity contribution in [2.75, 3.05) is 13.1 Å². The lowest BCUT2D eigenvalue weighted by atomic mass is 10.1. The fraction of sp³-hybridized carbons (Fsp3) is 0.400. The van der Waals surface area contributed by atoms with Crippen molar-refractivity contribution in [3.05, 3.63) is 53.9 Å². The van der Waals surface area contributed by atoms with E-state index in [2.05, 4.69) is 14.5 Å². The molecule has 1 aromatic heterocycles. The fourth-order valence-corrected chi connectivity index (χ4v) is 2.62. The SMILES string of the molecule is OC(CCN1CCn2ccnc2C1)c1ccccc1F. The Bertz CT molecular complexity index is 584. The molecule has 1 N–H and O–H groups in total. The molecule has 1 atom stereocenters. The zero-order chi connectivity index (χ0) is 13.9.